The first kappa shape index (κ1) is 18.4. The molecule has 3 heterocycles. The third-order valence-electron chi connectivity index (χ3n) is 5.08. The third kappa shape index (κ3) is 3.33. The van der Waals surface area contributed by atoms with Crippen LogP contribution in [-0.4, -0.2) is 44.8 Å². The molecule has 1 aliphatic heterocycles. The van der Waals surface area contributed by atoms with Crippen LogP contribution in [0.4, 0.5) is 10.1 Å². The van der Waals surface area contributed by atoms with Crippen molar-refractivity contribution in [1.29, 1.82) is 0 Å². The molecule has 0 bridgehead atoms. The third-order valence-corrected chi connectivity index (χ3v) is 5.08. The summed E-state index contributed by atoms with van der Waals surface area (Å²) in [6.07, 6.45) is 5.76. The van der Waals surface area contributed by atoms with E-state index in [-0.39, 0.29) is 11.6 Å². The van der Waals surface area contributed by atoms with Crippen molar-refractivity contribution in [2.75, 3.05) is 18.4 Å². The number of rotatable bonds is 4. The molecule has 2 aromatic heterocycles. The molecule has 1 amide bonds. The van der Waals surface area contributed by atoms with Gasteiger partial charge >= 0.3 is 0 Å². The Morgan fingerprint density at radius 1 is 1.23 bits per heavy atom. The summed E-state index contributed by atoms with van der Waals surface area (Å²) >= 11 is 0. The monoisotopic (exact) mass is 406 g/mol. The fourth-order valence-corrected chi connectivity index (χ4v) is 3.70. The Hall–Kier alpha value is -3.59. The van der Waals surface area contributed by atoms with Crippen LogP contribution in [0.1, 0.15) is 16.8 Å². The van der Waals surface area contributed by atoms with Crippen LogP contribution in [0.2, 0.25) is 0 Å². The molecule has 9 heteroatoms. The summed E-state index contributed by atoms with van der Waals surface area (Å²) in [4.78, 5) is 21.7. The molecule has 0 spiro atoms. The van der Waals surface area contributed by atoms with E-state index in [1.54, 1.807) is 37.6 Å². The van der Waals surface area contributed by atoms with Crippen molar-refractivity contribution in [2.24, 2.45) is 7.05 Å². The van der Waals surface area contributed by atoms with Crippen molar-refractivity contribution in [1.82, 2.24) is 25.1 Å². The molecule has 2 N–H and O–H groups in total. The van der Waals surface area contributed by atoms with E-state index in [1.165, 1.54) is 16.9 Å². The van der Waals surface area contributed by atoms with Crippen LogP contribution in [0.3, 0.4) is 0 Å². The SMILES string of the molecule is Cn1cc2cc(NC(=O)c3ccc(OC4CCNC4)c4nccnc34)cc(F)c2n1. The number of ether oxygens (including phenoxy) is 1. The number of hydrogen-bond acceptors (Lipinski definition) is 6. The van der Waals surface area contributed by atoms with Gasteiger partial charge in [0.15, 0.2) is 5.82 Å². The Kier molecular flexibility index (Phi) is 4.51. The highest BCUT2D eigenvalue weighted by Crippen LogP contribution is 2.28. The fourth-order valence-electron chi connectivity index (χ4n) is 3.70. The van der Waals surface area contributed by atoms with E-state index in [4.69, 9.17) is 4.74 Å². The molecular formula is C21H19FN6O2. The zero-order chi connectivity index (χ0) is 20.7. The second kappa shape index (κ2) is 7.34. The number of fused-ring (bicyclic) bond motifs is 2. The number of halogens is 1. The number of amides is 1. The van der Waals surface area contributed by atoms with Crippen LogP contribution in [0.5, 0.6) is 5.75 Å². The van der Waals surface area contributed by atoms with E-state index in [2.05, 4.69) is 25.7 Å². The van der Waals surface area contributed by atoms with Gasteiger partial charge in [0, 0.05) is 43.3 Å². The summed E-state index contributed by atoms with van der Waals surface area (Å²) in [7, 11) is 1.72. The molecule has 0 radical (unpaired) electrons. The molecule has 152 valence electrons. The Morgan fingerprint density at radius 2 is 2.07 bits per heavy atom. The van der Waals surface area contributed by atoms with Gasteiger partial charge in [-0.1, -0.05) is 0 Å². The average molecular weight is 406 g/mol. The zero-order valence-corrected chi connectivity index (χ0v) is 16.2. The van der Waals surface area contributed by atoms with Gasteiger partial charge in [-0.2, -0.15) is 5.10 Å². The first-order valence-corrected chi connectivity index (χ1v) is 9.64. The topological polar surface area (TPSA) is 94.0 Å². The lowest BCUT2D eigenvalue weighted by atomic mass is 10.1. The summed E-state index contributed by atoms with van der Waals surface area (Å²) in [5.74, 6) is -0.314. The van der Waals surface area contributed by atoms with Crippen molar-refractivity contribution < 1.29 is 13.9 Å². The number of carbonyl (C=O) groups is 1. The summed E-state index contributed by atoms with van der Waals surface area (Å²) in [6, 6.07) is 6.32. The number of anilines is 1. The molecule has 1 saturated heterocycles. The minimum atomic E-state index is -0.498. The molecule has 4 aromatic rings. The van der Waals surface area contributed by atoms with Gasteiger partial charge in [0.2, 0.25) is 0 Å². The van der Waals surface area contributed by atoms with Crippen LogP contribution in [0.25, 0.3) is 21.9 Å². The lowest BCUT2D eigenvalue weighted by molar-refractivity contribution is 0.102. The molecule has 5 rings (SSSR count). The van der Waals surface area contributed by atoms with Crippen LogP contribution < -0.4 is 15.4 Å². The standard InChI is InChI=1S/C21H19FN6O2/c1-28-11-12-8-13(9-16(22)18(12)27-28)26-21(29)15-2-3-17(30-14-4-5-23-10-14)20-19(15)24-6-7-25-20/h2-3,6-9,11,14,23H,4-5,10H2,1H3,(H,26,29). The number of aryl methyl sites for hydroxylation is 1. The molecule has 1 unspecified atom stereocenters. The lowest BCUT2D eigenvalue weighted by Gasteiger charge is -2.15. The number of hydrogen-bond donors (Lipinski definition) is 2. The van der Waals surface area contributed by atoms with Gasteiger partial charge in [-0.15, -0.1) is 0 Å². The van der Waals surface area contributed by atoms with E-state index in [0.717, 1.165) is 19.5 Å². The van der Waals surface area contributed by atoms with Crippen molar-refractivity contribution >= 4 is 33.5 Å². The minimum Gasteiger partial charge on any atom is -0.487 e. The number of carbonyl (C=O) groups excluding carboxylic acids is 1. The van der Waals surface area contributed by atoms with Crippen LogP contribution in [0, 0.1) is 5.82 Å². The van der Waals surface area contributed by atoms with Gasteiger partial charge in [0.1, 0.15) is 28.4 Å². The summed E-state index contributed by atoms with van der Waals surface area (Å²) < 4.78 is 21.9. The van der Waals surface area contributed by atoms with E-state index < -0.39 is 11.7 Å². The highest BCUT2D eigenvalue weighted by atomic mass is 19.1. The molecule has 1 fully saturated rings. The predicted octanol–water partition coefficient (Wildman–Crippen LogP) is 2.65. The zero-order valence-electron chi connectivity index (χ0n) is 16.2. The summed E-state index contributed by atoms with van der Waals surface area (Å²) in [5, 5.41) is 10.7. The van der Waals surface area contributed by atoms with E-state index >= 15 is 0 Å². The molecule has 0 aliphatic carbocycles. The quantitative estimate of drug-likeness (QED) is 0.541. The maximum Gasteiger partial charge on any atom is 0.257 e. The first-order valence-electron chi connectivity index (χ1n) is 9.64. The second-order valence-electron chi connectivity index (χ2n) is 7.25. The Labute approximate surface area is 171 Å². The molecule has 1 aliphatic rings. The smallest absolute Gasteiger partial charge is 0.257 e. The second-order valence-corrected chi connectivity index (χ2v) is 7.25. The van der Waals surface area contributed by atoms with Crippen LogP contribution >= 0.6 is 0 Å². The first-order chi connectivity index (χ1) is 14.6. The maximum absolute atomic E-state index is 14.3. The van der Waals surface area contributed by atoms with Gasteiger partial charge in [-0.3, -0.25) is 14.5 Å². The van der Waals surface area contributed by atoms with E-state index in [0.29, 0.717) is 33.4 Å². The minimum absolute atomic E-state index is 0.0593. The van der Waals surface area contributed by atoms with Crippen molar-refractivity contribution in [2.45, 2.75) is 12.5 Å². The highest BCUT2D eigenvalue weighted by molar-refractivity contribution is 6.12. The Balaban J connectivity index is 1.47. The van der Waals surface area contributed by atoms with Crippen molar-refractivity contribution in [3.05, 3.63) is 54.2 Å². The largest absolute Gasteiger partial charge is 0.487 e. The Morgan fingerprint density at radius 3 is 2.87 bits per heavy atom. The molecular weight excluding hydrogens is 387 g/mol. The molecule has 0 saturated carbocycles. The number of nitrogens with one attached hydrogen (secondary N) is 2. The van der Waals surface area contributed by atoms with Crippen LogP contribution in [0.15, 0.2) is 42.9 Å². The van der Waals surface area contributed by atoms with Crippen molar-refractivity contribution in [3.8, 4) is 5.75 Å². The molecule has 2 aromatic carbocycles. The van der Waals surface area contributed by atoms with E-state index in [9.17, 15) is 9.18 Å². The summed E-state index contributed by atoms with van der Waals surface area (Å²) in [5.41, 5.74) is 1.89. The fraction of sp³-hybridized carbons (Fsp3) is 0.238. The maximum atomic E-state index is 14.3. The van der Waals surface area contributed by atoms with Crippen molar-refractivity contribution in [3.63, 3.8) is 0 Å². The highest BCUT2D eigenvalue weighted by Gasteiger charge is 2.20. The number of nitrogens with zero attached hydrogens (tertiary/aromatic N) is 4. The normalized spacial score (nSPS) is 16.3. The predicted molar refractivity (Wildman–Crippen MR) is 110 cm³/mol. The molecule has 8 nitrogen and oxygen atoms in total. The lowest BCUT2D eigenvalue weighted by Crippen LogP contribution is -2.20. The van der Waals surface area contributed by atoms with Gasteiger partial charge < -0.3 is 15.4 Å². The van der Waals surface area contributed by atoms with Crippen LogP contribution in [-0.2, 0) is 7.05 Å². The van der Waals surface area contributed by atoms with Gasteiger partial charge in [-0.25, -0.2) is 9.37 Å². The van der Waals surface area contributed by atoms with Gasteiger partial charge in [0.05, 0.1) is 5.56 Å². The van der Waals surface area contributed by atoms with Gasteiger partial charge in [-0.05, 0) is 37.2 Å². The number of aromatic nitrogens is 4. The molecule has 30 heavy (non-hydrogen) atoms. The summed E-state index contributed by atoms with van der Waals surface area (Å²) in [6.45, 7) is 1.68. The van der Waals surface area contributed by atoms with Gasteiger partial charge in [0.25, 0.3) is 5.91 Å². The average Bonchev–Trinajstić information content (AvgIpc) is 3.37. The van der Waals surface area contributed by atoms with E-state index in [1.807, 2.05) is 0 Å². The number of benzene rings is 2. The Bertz CT molecular complexity index is 1270. The molecule has 1 atom stereocenters.